The fourth-order valence-corrected chi connectivity index (χ4v) is 3.87. The summed E-state index contributed by atoms with van der Waals surface area (Å²) in [6, 6.07) is 9.37. The monoisotopic (exact) mass is 444 g/mol. The predicted octanol–water partition coefficient (Wildman–Crippen LogP) is 4.52. The van der Waals surface area contributed by atoms with E-state index in [9.17, 15) is 8.78 Å². The van der Waals surface area contributed by atoms with E-state index in [-0.39, 0.29) is 17.9 Å². The Bertz CT molecular complexity index is 1070. The lowest BCUT2D eigenvalue weighted by Crippen LogP contribution is -2.08. The zero-order valence-corrected chi connectivity index (χ0v) is 17.6. The zero-order chi connectivity index (χ0) is 21.6. The van der Waals surface area contributed by atoms with Gasteiger partial charge in [0, 0.05) is 47.7 Å². The van der Waals surface area contributed by atoms with Crippen LogP contribution >= 0.6 is 11.8 Å². The molecule has 0 aliphatic carbocycles. The lowest BCUT2D eigenvalue weighted by atomic mass is 10.0. The van der Waals surface area contributed by atoms with Crippen LogP contribution in [0.1, 0.15) is 12.0 Å². The number of halogens is 2. The van der Waals surface area contributed by atoms with Gasteiger partial charge in [0.2, 0.25) is 5.88 Å². The maximum atomic E-state index is 14.6. The first-order valence-corrected chi connectivity index (χ1v) is 11.0. The van der Waals surface area contributed by atoms with Crippen LogP contribution in [0.2, 0.25) is 0 Å². The number of nitrogens with one attached hydrogen (secondary N) is 1. The van der Waals surface area contributed by atoms with E-state index in [0.29, 0.717) is 42.7 Å². The first-order valence-electron chi connectivity index (χ1n) is 9.89. The molecule has 0 unspecified atom stereocenters. The molecular formula is C22H22F2N4O2S. The summed E-state index contributed by atoms with van der Waals surface area (Å²) in [5.74, 6) is 2.30. The van der Waals surface area contributed by atoms with Gasteiger partial charge in [-0.05, 0) is 29.8 Å². The van der Waals surface area contributed by atoms with E-state index in [2.05, 4.69) is 15.3 Å². The Kier molecular flexibility index (Phi) is 6.83. The van der Waals surface area contributed by atoms with Gasteiger partial charge in [0.25, 0.3) is 0 Å². The lowest BCUT2D eigenvalue weighted by Gasteiger charge is -2.16. The predicted molar refractivity (Wildman–Crippen MR) is 118 cm³/mol. The molecule has 0 spiro atoms. The Morgan fingerprint density at radius 1 is 1.03 bits per heavy atom. The number of anilines is 2. The fraction of sp³-hybridized carbons (Fsp3) is 0.273. The Balaban J connectivity index is 1.73. The molecule has 3 heterocycles. The van der Waals surface area contributed by atoms with Crippen LogP contribution in [-0.4, -0.2) is 35.5 Å². The number of rotatable bonds is 4. The standard InChI is InChI=1S/C22H22F2N4O2S/c23-15-2-3-16-17-11-20(26-12-18(17)24)27-21-8-14(13-31-7-4-25)9-22(28-21)30-6-1-5-29-19(16)10-15/h2-3,8-12H,1,4-7,13,25H2,(H,26,27,28). The van der Waals surface area contributed by atoms with Crippen LogP contribution in [0.3, 0.4) is 0 Å². The molecule has 6 nitrogen and oxygen atoms in total. The summed E-state index contributed by atoms with van der Waals surface area (Å²) in [7, 11) is 0. The summed E-state index contributed by atoms with van der Waals surface area (Å²) in [6.45, 7) is 1.26. The van der Waals surface area contributed by atoms with E-state index in [4.69, 9.17) is 15.2 Å². The van der Waals surface area contributed by atoms with Crippen LogP contribution in [0.4, 0.5) is 20.4 Å². The zero-order valence-electron chi connectivity index (χ0n) is 16.7. The average molecular weight is 445 g/mol. The highest BCUT2D eigenvalue weighted by Gasteiger charge is 2.15. The van der Waals surface area contributed by atoms with E-state index >= 15 is 0 Å². The first kappa shape index (κ1) is 21.3. The molecule has 1 aliphatic heterocycles. The molecule has 4 bridgehead atoms. The van der Waals surface area contributed by atoms with E-state index < -0.39 is 11.6 Å². The third-order valence-electron chi connectivity index (χ3n) is 4.53. The number of aromatic nitrogens is 2. The average Bonchev–Trinajstić information content (AvgIpc) is 2.75. The van der Waals surface area contributed by atoms with Gasteiger partial charge in [-0.2, -0.15) is 16.7 Å². The quantitative estimate of drug-likeness (QED) is 0.573. The van der Waals surface area contributed by atoms with Crippen molar-refractivity contribution in [2.24, 2.45) is 5.73 Å². The van der Waals surface area contributed by atoms with E-state index in [1.165, 1.54) is 18.2 Å². The number of pyridine rings is 2. The van der Waals surface area contributed by atoms with E-state index in [0.717, 1.165) is 23.3 Å². The van der Waals surface area contributed by atoms with E-state index in [1.54, 1.807) is 17.8 Å². The van der Waals surface area contributed by atoms with Crippen molar-refractivity contribution in [3.05, 3.63) is 59.8 Å². The van der Waals surface area contributed by atoms with Gasteiger partial charge in [-0.15, -0.1) is 0 Å². The Morgan fingerprint density at radius 3 is 2.77 bits per heavy atom. The summed E-state index contributed by atoms with van der Waals surface area (Å²) in [5, 5.41) is 3.12. The molecule has 2 aromatic heterocycles. The summed E-state index contributed by atoms with van der Waals surface area (Å²) in [5.41, 5.74) is 7.31. The third-order valence-corrected chi connectivity index (χ3v) is 5.60. The molecule has 162 valence electrons. The minimum absolute atomic E-state index is 0.260. The number of fused-ring (bicyclic) bond motifs is 6. The second-order valence-corrected chi connectivity index (χ2v) is 8.01. The smallest absolute Gasteiger partial charge is 0.215 e. The van der Waals surface area contributed by atoms with Crippen LogP contribution in [0.5, 0.6) is 11.6 Å². The molecular weight excluding hydrogens is 422 g/mol. The second kappa shape index (κ2) is 9.93. The summed E-state index contributed by atoms with van der Waals surface area (Å²) >= 11 is 1.72. The molecule has 0 amide bonds. The van der Waals surface area contributed by atoms with Gasteiger partial charge in [0.15, 0.2) is 0 Å². The topological polar surface area (TPSA) is 82.3 Å². The Hall–Kier alpha value is -2.91. The van der Waals surface area contributed by atoms with Crippen LogP contribution in [0, 0.1) is 11.6 Å². The largest absolute Gasteiger partial charge is 0.493 e. The van der Waals surface area contributed by atoms with Crippen LogP contribution in [-0.2, 0) is 5.75 Å². The van der Waals surface area contributed by atoms with Crippen LogP contribution < -0.4 is 20.5 Å². The molecule has 0 saturated heterocycles. The van der Waals surface area contributed by atoms with Crippen molar-refractivity contribution in [1.29, 1.82) is 0 Å². The maximum absolute atomic E-state index is 14.6. The maximum Gasteiger partial charge on any atom is 0.215 e. The number of nitrogens with zero attached hydrogens (tertiary/aromatic N) is 2. The molecule has 0 fully saturated rings. The molecule has 0 atom stereocenters. The highest BCUT2D eigenvalue weighted by molar-refractivity contribution is 7.98. The molecule has 3 N–H and O–H groups in total. The van der Waals surface area contributed by atoms with Gasteiger partial charge in [-0.3, -0.25) is 0 Å². The molecule has 31 heavy (non-hydrogen) atoms. The summed E-state index contributed by atoms with van der Waals surface area (Å²) < 4.78 is 40.0. The number of ether oxygens (including phenoxy) is 2. The van der Waals surface area contributed by atoms with Crippen LogP contribution in [0.15, 0.2) is 42.6 Å². The van der Waals surface area contributed by atoms with E-state index in [1.807, 2.05) is 12.1 Å². The number of thioether (sulfide) groups is 1. The normalized spacial score (nSPS) is 13.3. The molecule has 4 rings (SSSR count). The highest BCUT2D eigenvalue weighted by Crippen LogP contribution is 2.34. The van der Waals surface area contributed by atoms with Crippen molar-refractivity contribution in [3.63, 3.8) is 0 Å². The molecule has 1 aromatic carbocycles. The van der Waals surface area contributed by atoms with Gasteiger partial charge in [-0.25, -0.2) is 13.8 Å². The van der Waals surface area contributed by atoms with Gasteiger partial charge < -0.3 is 20.5 Å². The lowest BCUT2D eigenvalue weighted by molar-refractivity contribution is 0.242. The molecule has 0 saturated carbocycles. The first-order chi connectivity index (χ1) is 15.1. The number of hydrogen-bond donors (Lipinski definition) is 2. The minimum atomic E-state index is -0.530. The minimum Gasteiger partial charge on any atom is -0.493 e. The summed E-state index contributed by atoms with van der Waals surface area (Å²) in [6.07, 6.45) is 1.67. The van der Waals surface area contributed by atoms with Gasteiger partial charge in [-0.1, -0.05) is 0 Å². The number of benzene rings is 1. The highest BCUT2D eigenvalue weighted by atomic mass is 32.2. The second-order valence-electron chi connectivity index (χ2n) is 6.91. The van der Waals surface area contributed by atoms with Gasteiger partial charge >= 0.3 is 0 Å². The Morgan fingerprint density at radius 2 is 1.90 bits per heavy atom. The van der Waals surface area contributed by atoms with Crippen molar-refractivity contribution >= 4 is 23.4 Å². The molecule has 0 radical (unpaired) electrons. The third kappa shape index (κ3) is 5.42. The summed E-state index contributed by atoms with van der Waals surface area (Å²) in [4.78, 5) is 8.61. The van der Waals surface area contributed by atoms with Gasteiger partial charge in [0.05, 0.1) is 19.4 Å². The number of hydrogen-bond acceptors (Lipinski definition) is 7. The number of nitrogens with two attached hydrogens (primary N) is 1. The fourth-order valence-electron chi connectivity index (χ4n) is 3.15. The SMILES string of the molecule is NCCSCc1cc2nc(c1)OCCCOc1cc(F)ccc1-c1cc(ncc1F)N2. The molecule has 9 heteroatoms. The van der Waals surface area contributed by atoms with Crippen molar-refractivity contribution in [2.45, 2.75) is 12.2 Å². The van der Waals surface area contributed by atoms with Crippen molar-refractivity contribution < 1.29 is 18.3 Å². The van der Waals surface area contributed by atoms with Crippen LogP contribution in [0.25, 0.3) is 11.1 Å². The van der Waals surface area contributed by atoms with Gasteiger partial charge in [0.1, 0.15) is 29.0 Å². The molecule has 3 aromatic rings. The Labute approximate surface area is 183 Å². The van der Waals surface area contributed by atoms with Crippen molar-refractivity contribution in [2.75, 3.05) is 30.8 Å². The van der Waals surface area contributed by atoms with Crippen molar-refractivity contribution in [3.8, 4) is 22.8 Å². The van der Waals surface area contributed by atoms with Crippen molar-refractivity contribution in [1.82, 2.24) is 9.97 Å². The molecule has 1 aliphatic rings.